The Labute approximate surface area is 229 Å². The zero-order valence-electron chi connectivity index (χ0n) is 21.3. The molecule has 1 fully saturated rings. The van der Waals surface area contributed by atoms with Crippen LogP contribution in [0.15, 0.2) is 53.9 Å². The normalized spacial score (nSPS) is 19.6. The van der Waals surface area contributed by atoms with Crippen LogP contribution >= 0.6 is 11.3 Å². The Morgan fingerprint density at radius 3 is 2.77 bits per heavy atom. The molecular weight excluding hydrogens is 523 g/mol. The van der Waals surface area contributed by atoms with Crippen LogP contribution in [0.4, 0.5) is 4.39 Å². The van der Waals surface area contributed by atoms with Gasteiger partial charge in [0, 0.05) is 30.1 Å². The zero-order valence-corrected chi connectivity index (χ0v) is 22.2. The summed E-state index contributed by atoms with van der Waals surface area (Å²) in [5, 5.41) is 2.02. The first-order valence-corrected chi connectivity index (χ1v) is 14.0. The minimum absolute atomic E-state index is 0.0837. The number of hydrogen-bond acceptors (Lipinski definition) is 7. The number of carbonyl (C=O) groups is 2. The van der Waals surface area contributed by atoms with Crippen molar-refractivity contribution in [1.82, 2.24) is 9.80 Å². The molecule has 3 aliphatic rings. The van der Waals surface area contributed by atoms with Crippen LogP contribution in [0.5, 0.6) is 17.2 Å². The number of hydrogen-bond donors (Lipinski definition) is 0. The zero-order chi connectivity index (χ0) is 26.8. The van der Waals surface area contributed by atoms with Crippen LogP contribution in [0.2, 0.25) is 0 Å². The molecule has 39 heavy (non-hydrogen) atoms. The monoisotopic (exact) mass is 552 g/mol. The molecule has 0 unspecified atom stereocenters. The van der Waals surface area contributed by atoms with Gasteiger partial charge in [0.1, 0.15) is 24.7 Å². The molecule has 0 radical (unpaired) electrons. The van der Waals surface area contributed by atoms with E-state index in [-0.39, 0.29) is 49.7 Å². The molecule has 0 aliphatic carbocycles. The molecule has 0 bridgehead atoms. The molecule has 1 saturated heterocycles. The van der Waals surface area contributed by atoms with Crippen molar-refractivity contribution in [3.05, 3.63) is 75.7 Å². The second kappa shape index (κ2) is 11.2. The average Bonchev–Trinajstić information content (AvgIpc) is 3.73. The molecule has 0 N–H and O–H groups in total. The molecular formula is C29H29FN2O6S. The van der Waals surface area contributed by atoms with Crippen LogP contribution in [0.25, 0.3) is 0 Å². The standard InChI is InChI=1S/C29H29FN2O6S/c30-20-4-6-21(7-5-20)36-17-24-23-10-13-39-27(23)9-11-32(24)28(33)16-31(15-22-2-1-12-35-22)29(34)19-3-8-25-26(14-19)38-18-37-25/h3-8,10,13-14,22,24H,1-2,9,11-12,15-18H2/t22-,24-/m0/s1. The first kappa shape index (κ1) is 25.6. The van der Waals surface area contributed by atoms with Gasteiger partial charge < -0.3 is 28.7 Å². The smallest absolute Gasteiger partial charge is 0.254 e. The number of carbonyl (C=O) groups excluding carboxylic acids is 2. The summed E-state index contributed by atoms with van der Waals surface area (Å²) in [6.07, 6.45) is 2.40. The fraction of sp³-hybridized carbons (Fsp3) is 0.379. The van der Waals surface area contributed by atoms with E-state index < -0.39 is 0 Å². The highest BCUT2D eigenvalue weighted by Gasteiger charge is 2.35. The molecule has 2 aromatic carbocycles. The van der Waals surface area contributed by atoms with Crippen molar-refractivity contribution < 1.29 is 32.9 Å². The third kappa shape index (κ3) is 5.58. The van der Waals surface area contributed by atoms with Gasteiger partial charge in [0.2, 0.25) is 12.7 Å². The van der Waals surface area contributed by atoms with Crippen LogP contribution < -0.4 is 14.2 Å². The summed E-state index contributed by atoms with van der Waals surface area (Å²) in [7, 11) is 0. The fourth-order valence-electron chi connectivity index (χ4n) is 5.30. The Bertz CT molecular complexity index is 1340. The van der Waals surface area contributed by atoms with Crippen molar-refractivity contribution in [2.75, 3.05) is 39.6 Å². The molecule has 3 aliphatic heterocycles. The van der Waals surface area contributed by atoms with Crippen LogP contribution in [-0.2, 0) is 16.0 Å². The quantitative estimate of drug-likeness (QED) is 0.411. The Hall–Kier alpha value is -3.63. The lowest BCUT2D eigenvalue weighted by Crippen LogP contribution is -2.49. The number of halogens is 1. The van der Waals surface area contributed by atoms with Gasteiger partial charge in [-0.3, -0.25) is 9.59 Å². The predicted octanol–water partition coefficient (Wildman–Crippen LogP) is 4.44. The second-order valence-electron chi connectivity index (χ2n) is 9.81. The van der Waals surface area contributed by atoms with E-state index in [4.69, 9.17) is 18.9 Å². The first-order chi connectivity index (χ1) is 19.0. The molecule has 0 saturated carbocycles. The van der Waals surface area contributed by atoms with Crippen LogP contribution in [0.3, 0.4) is 0 Å². The number of rotatable bonds is 8. The van der Waals surface area contributed by atoms with E-state index in [0.717, 1.165) is 24.8 Å². The summed E-state index contributed by atoms with van der Waals surface area (Å²) in [5.41, 5.74) is 1.48. The van der Waals surface area contributed by atoms with E-state index in [9.17, 15) is 14.0 Å². The first-order valence-electron chi connectivity index (χ1n) is 13.1. The third-order valence-corrected chi connectivity index (χ3v) is 8.31. The Balaban J connectivity index is 1.21. The summed E-state index contributed by atoms with van der Waals surface area (Å²) >= 11 is 1.67. The van der Waals surface area contributed by atoms with E-state index in [1.54, 1.807) is 51.5 Å². The summed E-state index contributed by atoms with van der Waals surface area (Å²) < 4.78 is 36.0. The fourth-order valence-corrected chi connectivity index (χ4v) is 6.23. The molecule has 2 atom stereocenters. The highest BCUT2D eigenvalue weighted by atomic mass is 32.1. The molecule has 8 nitrogen and oxygen atoms in total. The lowest BCUT2D eigenvalue weighted by atomic mass is 10.00. The molecule has 4 heterocycles. The van der Waals surface area contributed by atoms with Crippen molar-refractivity contribution in [3.63, 3.8) is 0 Å². The van der Waals surface area contributed by atoms with Crippen molar-refractivity contribution >= 4 is 23.2 Å². The summed E-state index contributed by atoms with van der Waals surface area (Å²) in [4.78, 5) is 32.1. The molecule has 1 aromatic heterocycles. The third-order valence-electron chi connectivity index (χ3n) is 7.32. The molecule has 0 spiro atoms. The number of benzene rings is 2. The van der Waals surface area contributed by atoms with Crippen LogP contribution in [0.1, 0.15) is 39.7 Å². The van der Waals surface area contributed by atoms with Gasteiger partial charge in [-0.2, -0.15) is 0 Å². The van der Waals surface area contributed by atoms with E-state index in [1.807, 2.05) is 11.4 Å². The number of ether oxygens (including phenoxy) is 4. The van der Waals surface area contributed by atoms with E-state index in [2.05, 4.69) is 0 Å². The summed E-state index contributed by atoms with van der Waals surface area (Å²) in [6.45, 7) is 1.76. The van der Waals surface area contributed by atoms with Crippen LogP contribution in [0, 0.1) is 5.82 Å². The molecule has 6 rings (SSSR count). The number of fused-ring (bicyclic) bond motifs is 2. The Kier molecular flexibility index (Phi) is 7.38. The maximum atomic E-state index is 13.8. The Morgan fingerprint density at radius 2 is 1.95 bits per heavy atom. The van der Waals surface area contributed by atoms with Gasteiger partial charge in [0.15, 0.2) is 11.5 Å². The molecule has 3 aromatic rings. The van der Waals surface area contributed by atoms with E-state index in [1.165, 1.54) is 17.0 Å². The molecule has 10 heteroatoms. The topological polar surface area (TPSA) is 77.5 Å². The van der Waals surface area contributed by atoms with Gasteiger partial charge >= 0.3 is 0 Å². The summed E-state index contributed by atoms with van der Waals surface area (Å²) in [5.74, 6) is 0.885. The van der Waals surface area contributed by atoms with Crippen molar-refractivity contribution in [2.24, 2.45) is 0 Å². The van der Waals surface area contributed by atoms with Crippen LogP contribution in [-0.4, -0.2) is 67.4 Å². The molecule has 2 amide bonds. The van der Waals surface area contributed by atoms with Gasteiger partial charge in [-0.1, -0.05) is 0 Å². The van der Waals surface area contributed by atoms with Crippen molar-refractivity contribution in [3.8, 4) is 17.2 Å². The number of thiophene rings is 1. The van der Waals surface area contributed by atoms with Crippen molar-refractivity contribution in [1.29, 1.82) is 0 Å². The highest BCUT2D eigenvalue weighted by Crippen LogP contribution is 2.35. The van der Waals surface area contributed by atoms with Gasteiger partial charge in [-0.05, 0) is 78.7 Å². The lowest BCUT2D eigenvalue weighted by molar-refractivity contribution is -0.135. The number of amides is 2. The van der Waals surface area contributed by atoms with Crippen molar-refractivity contribution in [2.45, 2.75) is 31.4 Å². The van der Waals surface area contributed by atoms with Gasteiger partial charge in [-0.15, -0.1) is 11.3 Å². The minimum Gasteiger partial charge on any atom is -0.491 e. The average molecular weight is 553 g/mol. The van der Waals surface area contributed by atoms with Gasteiger partial charge in [0.25, 0.3) is 5.91 Å². The minimum atomic E-state index is -0.338. The summed E-state index contributed by atoms with van der Waals surface area (Å²) in [6, 6.07) is 12.6. The van der Waals surface area contributed by atoms with Gasteiger partial charge in [0.05, 0.1) is 12.1 Å². The SMILES string of the molecule is O=C(c1ccc2c(c1)OCO2)N(CC(=O)N1CCc2sccc2[C@@H]1COc1ccc(F)cc1)C[C@@H]1CCCO1. The predicted molar refractivity (Wildman–Crippen MR) is 142 cm³/mol. The lowest BCUT2D eigenvalue weighted by Gasteiger charge is -2.37. The largest absolute Gasteiger partial charge is 0.491 e. The Morgan fingerprint density at radius 1 is 1.10 bits per heavy atom. The van der Waals surface area contributed by atoms with E-state index in [0.29, 0.717) is 42.5 Å². The maximum absolute atomic E-state index is 13.8. The molecule has 204 valence electrons. The number of nitrogens with zero attached hydrogens (tertiary/aromatic N) is 2. The highest BCUT2D eigenvalue weighted by molar-refractivity contribution is 7.10. The second-order valence-corrected chi connectivity index (χ2v) is 10.8. The van der Waals surface area contributed by atoms with Gasteiger partial charge in [-0.25, -0.2) is 4.39 Å². The maximum Gasteiger partial charge on any atom is 0.254 e. The van der Waals surface area contributed by atoms with E-state index >= 15 is 0 Å².